The number of rotatable bonds is 7. The fourth-order valence-corrected chi connectivity index (χ4v) is 3.27. The van der Waals surface area contributed by atoms with Crippen LogP contribution in [0.2, 0.25) is 0 Å². The summed E-state index contributed by atoms with van der Waals surface area (Å²) in [5.74, 6) is -0.999. The Bertz CT molecular complexity index is 1060. The van der Waals surface area contributed by atoms with Gasteiger partial charge in [0.2, 0.25) is 0 Å². The monoisotopic (exact) mass is 395 g/mol. The molecule has 0 spiro atoms. The van der Waals surface area contributed by atoms with Gasteiger partial charge in [-0.25, -0.2) is 4.39 Å². The molecule has 6 heteroatoms. The Labute approximate surface area is 168 Å². The van der Waals surface area contributed by atoms with E-state index in [9.17, 15) is 19.1 Å². The fraction of sp³-hybridized carbons (Fsp3) is 0.261. The number of esters is 1. The number of carbonyl (C=O) groups is 2. The first-order valence-electron chi connectivity index (χ1n) is 9.40. The Kier molecular flexibility index (Phi) is 6.22. The van der Waals surface area contributed by atoms with Gasteiger partial charge >= 0.3 is 5.97 Å². The number of aryl methyl sites for hydroxylation is 1. The second-order valence-corrected chi connectivity index (χ2v) is 6.83. The summed E-state index contributed by atoms with van der Waals surface area (Å²) >= 11 is 0. The van der Waals surface area contributed by atoms with Crippen LogP contribution in [0, 0.1) is 5.82 Å². The van der Waals surface area contributed by atoms with Gasteiger partial charge in [-0.15, -0.1) is 0 Å². The van der Waals surface area contributed by atoms with Crippen LogP contribution in [0.4, 0.5) is 4.39 Å². The number of benzene rings is 2. The quantitative estimate of drug-likeness (QED) is 0.475. The van der Waals surface area contributed by atoms with E-state index in [0.29, 0.717) is 23.7 Å². The van der Waals surface area contributed by atoms with Gasteiger partial charge in [0.05, 0.1) is 12.7 Å². The number of hydrogen-bond acceptors (Lipinski definition) is 5. The van der Waals surface area contributed by atoms with E-state index in [-0.39, 0.29) is 41.7 Å². The van der Waals surface area contributed by atoms with Crippen molar-refractivity contribution in [2.75, 3.05) is 7.11 Å². The Hall–Kier alpha value is -3.28. The molecule has 0 saturated heterocycles. The van der Waals surface area contributed by atoms with Gasteiger partial charge in [0.1, 0.15) is 11.3 Å². The predicted molar refractivity (Wildman–Crippen MR) is 108 cm³/mol. The lowest BCUT2D eigenvalue weighted by atomic mass is 9.95. The molecule has 3 aromatic rings. The Morgan fingerprint density at radius 2 is 1.86 bits per heavy atom. The molecule has 29 heavy (non-hydrogen) atoms. The number of phenolic OH excluding ortho intramolecular Hbond substituents is 1. The van der Waals surface area contributed by atoms with E-state index in [1.807, 2.05) is 6.07 Å². The highest BCUT2D eigenvalue weighted by Gasteiger charge is 2.18. The zero-order valence-electron chi connectivity index (χ0n) is 16.4. The predicted octanol–water partition coefficient (Wildman–Crippen LogP) is 4.37. The van der Waals surface area contributed by atoms with Crippen molar-refractivity contribution in [2.45, 2.75) is 32.6 Å². The lowest BCUT2D eigenvalue weighted by Crippen LogP contribution is -2.05. The normalized spacial score (nSPS) is 10.9. The molecule has 0 aliphatic carbocycles. The van der Waals surface area contributed by atoms with E-state index in [4.69, 9.17) is 4.74 Å². The van der Waals surface area contributed by atoms with Crippen LogP contribution in [-0.2, 0) is 22.4 Å². The number of carbonyl (C=O) groups excluding carboxylic acids is 2. The second-order valence-electron chi connectivity index (χ2n) is 6.83. The highest BCUT2D eigenvalue weighted by Crippen LogP contribution is 2.33. The Morgan fingerprint density at radius 1 is 1.14 bits per heavy atom. The number of phenols is 1. The number of ether oxygens (including phenoxy) is 1. The largest absolute Gasteiger partial charge is 0.505 e. The van der Waals surface area contributed by atoms with Crippen molar-refractivity contribution in [3.05, 3.63) is 70.7 Å². The zero-order chi connectivity index (χ0) is 21.0. The van der Waals surface area contributed by atoms with Crippen molar-refractivity contribution in [2.24, 2.45) is 0 Å². The number of fused-ring (bicyclic) bond motifs is 1. The topological polar surface area (TPSA) is 76.5 Å². The summed E-state index contributed by atoms with van der Waals surface area (Å²) in [7, 11) is 1.33. The molecule has 0 atom stereocenters. The minimum Gasteiger partial charge on any atom is -0.505 e. The number of nitrogens with zero attached hydrogens (tertiary/aromatic N) is 1. The smallest absolute Gasteiger partial charge is 0.305 e. The standard InChI is InChI=1S/C23H22FNO4/c1-3-20(26)19-12-16(6-9-21(27)29-2)18-11-15(13-25-22(18)23(19)28)10-14-4-7-17(24)8-5-14/h4-5,7-8,11-13,28H,3,6,9-10H2,1-2H3. The molecule has 1 aromatic heterocycles. The van der Waals surface area contributed by atoms with E-state index in [0.717, 1.165) is 16.7 Å². The fourth-order valence-electron chi connectivity index (χ4n) is 3.27. The van der Waals surface area contributed by atoms with Gasteiger partial charge in [-0.05, 0) is 53.8 Å². The van der Waals surface area contributed by atoms with Crippen molar-refractivity contribution in [1.82, 2.24) is 4.98 Å². The maximum Gasteiger partial charge on any atom is 0.305 e. The minimum atomic E-state index is -0.356. The molecule has 0 radical (unpaired) electrons. The first-order chi connectivity index (χ1) is 13.9. The molecule has 0 unspecified atom stereocenters. The van der Waals surface area contributed by atoms with Crippen LogP contribution in [0.1, 0.15) is 46.8 Å². The average molecular weight is 395 g/mol. The van der Waals surface area contributed by atoms with E-state index >= 15 is 0 Å². The molecule has 1 N–H and O–H groups in total. The van der Waals surface area contributed by atoms with Gasteiger partial charge in [-0.1, -0.05) is 19.1 Å². The Morgan fingerprint density at radius 3 is 2.52 bits per heavy atom. The summed E-state index contributed by atoms with van der Waals surface area (Å²) in [6, 6.07) is 9.74. The third-order valence-electron chi connectivity index (χ3n) is 4.86. The van der Waals surface area contributed by atoms with Gasteiger partial charge in [0.25, 0.3) is 0 Å². The summed E-state index contributed by atoms with van der Waals surface area (Å²) in [5, 5.41) is 11.3. The number of aromatic nitrogens is 1. The van der Waals surface area contributed by atoms with Gasteiger partial charge in [0.15, 0.2) is 11.5 Å². The molecule has 0 aliphatic rings. The van der Waals surface area contributed by atoms with Crippen LogP contribution in [-0.4, -0.2) is 29.0 Å². The van der Waals surface area contributed by atoms with Crippen molar-refractivity contribution < 1.29 is 23.8 Å². The van der Waals surface area contributed by atoms with Gasteiger partial charge in [-0.3, -0.25) is 14.6 Å². The van der Waals surface area contributed by atoms with E-state index < -0.39 is 0 Å². The molecule has 0 bridgehead atoms. The summed E-state index contributed by atoms with van der Waals surface area (Å²) in [5.41, 5.74) is 3.07. The average Bonchev–Trinajstić information content (AvgIpc) is 2.74. The van der Waals surface area contributed by atoms with Crippen molar-refractivity contribution >= 4 is 22.7 Å². The van der Waals surface area contributed by atoms with Gasteiger partial charge in [-0.2, -0.15) is 0 Å². The molecule has 0 aliphatic heterocycles. The summed E-state index contributed by atoms with van der Waals surface area (Å²) in [6.45, 7) is 1.72. The second kappa shape index (κ2) is 8.82. The molecular formula is C23H22FNO4. The first kappa shape index (κ1) is 20.5. The molecule has 0 amide bonds. The molecular weight excluding hydrogens is 373 g/mol. The summed E-state index contributed by atoms with van der Waals surface area (Å²) in [4.78, 5) is 28.3. The van der Waals surface area contributed by atoms with E-state index in [1.165, 1.54) is 19.2 Å². The number of methoxy groups -OCH3 is 1. The molecule has 5 nitrogen and oxygen atoms in total. The highest BCUT2D eigenvalue weighted by atomic mass is 19.1. The van der Waals surface area contributed by atoms with Crippen molar-refractivity contribution in [1.29, 1.82) is 0 Å². The van der Waals surface area contributed by atoms with Crippen LogP contribution in [0.25, 0.3) is 10.9 Å². The van der Waals surface area contributed by atoms with Crippen molar-refractivity contribution in [3.63, 3.8) is 0 Å². The van der Waals surface area contributed by atoms with Crippen LogP contribution < -0.4 is 0 Å². The van der Waals surface area contributed by atoms with Crippen LogP contribution >= 0.6 is 0 Å². The van der Waals surface area contributed by atoms with E-state index in [1.54, 1.807) is 31.3 Å². The Balaban J connectivity index is 2.06. The van der Waals surface area contributed by atoms with Crippen LogP contribution in [0.3, 0.4) is 0 Å². The number of pyridine rings is 1. The number of halogens is 1. The van der Waals surface area contributed by atoms with Gasteiger partial charge in [0, 0.05) is 24.4 Å². The summed E-state index contributed by atoms with van der Waals surface area (Å²) < 4.78 is 17.9. The molecule has 0 fully saturated rings. The van der Waals surface area contributed by atoms with E-state index in [2.05, 4.69) is 4.98 Å². The molecule has 3 rings (SSSR count). The van der Waals surface area contributed by atoms with Crippen molar-refractivity contribution in [3.8, 4) is 5.75 Å². The van der Waals surface area contributed by atoms with Crippen LogP contribution in [0.15, 0.2) is 42.6 Å². The minimum absolute atomic E-state index is 0.151. The number of Topliss-reactive ketones (excluding diaryl/α,β-unsaturated/α-hetero) is 1. The van der Waals surface area contributed by atoms with Gasteiger partial charge < -0.3 is 9.84 Å². The number of hydrogen-bond donors (Lipinski definition) is 1. The SMILES string of the molecule is CCC(=O)c1cc(CCC(=O)OC)c2cc(Cc3ccc(F)cc3)cnc2c1O. The van der Waals surface area contributed by atoms with Crippen LogP contribution in [0.5, 0.6) is 5.75 Å². The molecule has 2 aromatic carbocycles. The number of ketones is 1. The number of aromatic hydroxyl groups is 1. The molecule has 150 valence electrons. The summed E-state index contributed by atoms with van der Waals surface area (Å²) in [6.07, 6.45) is 2.93. The lowest BCUT2D eigenvalue weighted by molar-refractivity contribution is -0.140. The first-order valence-corrected chi connectivity index (χ1v) is 9.40. The maximum atomic E-state index is 13.1. The molecule has 1 heterocycles. The highest BCUT2D eigenvalue weighted by molar-refractivity contribution is 6.04. The maximum absolute atomic E-state index is 13.1. The molecule has 0 saturated carbocycles. The third-order valence-corrected chi connectivity index (χ3v) is 4.86. The lowest BCUT2D eigenvalue weighted by Gasteiger charge is -2.13. The zero-order valence-corrected chi connectivity index (χ0v) is 16.4. The third kappa shape index (κ3) is 4.59.